The van der Waals surface area contributed by atoms with Crippen molar-refractivity contribution in [2.24, 2.45) is 5.92 Å². The predicted molar refractivity (Wildman–Crippen MR) is 62.6 cm³/mol. The van der Waals surface area contributed by atoms with E-state index in [-0.39, 0.29) is 35.9 Å². The average molecular weight is 241 g/mol. The van der Waals surface area contributed by atoms with E-state index in [0.29, 0.717) is 0 Å². The number of carbonyl (C=O) groups is 1. The summed E-state index contributed by atoms with van der Waals surface area (Å²) in [5.74, 6) is -1.66. The van der Waals surface area contributed by atoms with E-state index in [2.05, 4.69) is 5.32 Å². The van der Waals surface area contributed by atoms with Crippen molar-refractivity contribution in [3.8, 4) is 0 Å². The summed E-state index contributed by atoms with van der Waals surface area (Å²) in [6.45, 7) is 5.44. The van der Waals surface area contributed by atoms with Crippen LogP contribution in [0.2, 0.25) is 0 Å². The van der Waals surface area contributed by atoms with Crippen molar-refractivity contribution in [1.29, 1.82) is 0 Å². The Labute approximate surface area is 100 Å². The van der Waals surface area contributed by atoms with Gasteiger partial charge in [-0.05, 0) is 12.5 Å². The van der Waals surface area contributed by atoms with Gasteiger partial charge in [0.1, 0.15) is 5.78 Å². The molecule has 17 heavy (non-hydrogen) atoms. The zero-order valence-corrected chi connectivity index (χ0v) is 10.3. The zero-order chi connectivity index (χ0) is 13.0. The molecule has 1 aromatic carbocycles. The molecule has 0 saturated heterocycles. The van der Waals surface area contributed by atoms with E-state index in [1.54, 1.807) is 13.8 Å². The topological polar surface area (TPSA) is 29.1 Å². The first-order valence-electron chi connectivity index (χ1n) is 5.60. The lowest BCUT2D eigenvalue weighted by molar-refractivity contribution is -0.121. The Morgan fingerprint density at radius 1 is 1.29 bits per heavy atom. The highest BCUT2D eigenvalue weighted by molar-refractivity contribution is 5.82. The van der Waals surface area contributed by atoms with Gasteiger partial charge in [-0.25, -0.2) is 8.78 Å². The predicted octanol–water partition coefficient (Wildman–Crippen LogP) is 2.59. The summed E-state index contributed by atoms with van der Waals surface area (Å²) < 4.78 is 26.7. The summed E-state index contributed by atoms with van der Waals surface area (Å²) in [7, 11) is 0. The molecule has 4 heteroatoms. The fourth-order valence-corrected chi connectivity index (χ4v) is 1.35. The molecule has 0 unspecified atom stereocenters. The van der Waals surface area contributed by atoms with Crippen LogP contribution in [0.25, 0.3) is 0 Å². The molecule has 0 aliphatic carbocycles. The van der Waals surface area contributed by atoms with E-state index in [1.807, 2.05) is 0 Å². The van der Waals surface area contributed by atoms with Crippen molar-refractivity contribution in [3.05, 3.63) is 34.9 Å². The lowest BCUT2D eigenvalue weighted by atomic mass is 10.1. The van der Waals surface area contributed by atoms with E-state index in [1.165, 1.54) is 19.1 Å². The highest BCUT2D eigenvalue weighted by Crippen LogP contribution is 2.15. The summed E-state index contributed by atoms with van der Waals surface area (Å²) >= 11 is 0. The molecule has 1 aromatic rings. The van der Waals surface area contributed by atoms with Gasteiger partial charge in [0.2, 0.25) is 0 Å². The molecule has 0 heterocycles. The summed E-state index contributed by atoms with van der Waals surface area (Å²) in [4.78, 5) is 11.3. The first-order valence-corrected chi connectivity index (χ1v) is 5.60. The van der Waals surface area contributed by atoms with Gasteiger partial charge in [-0.15, -0.1) is 0 Å². The van der Waals surface area contributed by atoms with Crippen LogP contribution < -0.4 is 5.32 Å². The Kier molecular flexibility index (Phi) is 4.75. The van der Waals surface area contributed by atoms with E-state index in [9.17, 15) is 13.6 Å². The smallest absolute Gasteiger partial charge is 0.163 e. The van der Waals surface area contributed by atoms with Crippen LogP contribution in [0.1, 0.15) is 25.0 Å². The van der Waals surface area contributed by atoms with Crippen LogP contribution in [0.3, 0.4) is 0 Å². The Morgan fingerprint density at radius 3 is 2.53 bits per heavy atom. The van der Waals surface area contributed by atoms with Gasteiger partial charge in [0.05, 0.1) is 6.54 Å². The molecular formula is C13H17F2NO. The molecule has 0 spiro atoms. The number of halogens is 2. The fraction of sp³-hybridized carbons (Fsp3) is 0.462. The Hall–Kier alpha value is -1.29. The molecule has 0 saturated carbocycles. The third-order valence-electron chi connectivity index (χ3n) is 2.61. The third kappa shape index (κ3) is 3.60. The minimum atomic E-state index is -0.838. The summed E-state index contributed by atoms with van der Waals surface area (Å²) in [6, 6.07) is 3.06. The average Bonchev–Trinajstić information content (AvgIpc) is 2.28. The number of hydrogen-bond donors (Lipinski definition) is 1. The van der Waals surface area contributed by atoms with E-state index < -0.39 is 11.6 Å². The van der Waals surface area contributed by atoms with Crippen molar-refractivity contribution in [2.75, 3.05) is 6.54 Å². The van der Waals surface area contributed by atoms with Crippen LogP contribution in [-0.2, 0) is 11.3 Å². The summed E-state index contributed by atoms with van der Waals surface area (Å²) in [5, 5.41) is 2.81. The second-order valence-electron chi connectivity index (χ2n) is 4.39. The standard InChI is InChI=1S/C13H17F2NO/c1-8(2)11(17)7-16-6-10-5-4-9(3)12(14)13(10)15/h4-5,8,16H,6-7H2,1-3H3. The van der Waals surface area contributed by atoms with Crippen LogP contribution in [0.4, 0.5) is 8.78 Å². The lowest BCUT2D eigenvalue weighted by Crippen LogP contribution is -2.26. The highest BCUT2D eigenvalue weighted by atomic mass is 19.2. The van der Waals surface area contributed by atoms with Crippen molar-refractivity contribution in [3.63, 3.8) is 0 Å². The Bertz CT molecular complexity index is 416. The van der Waals surface area contributed by atoms with E-state index in [4.69, 9.17) is 0 Å². The maximum Gasteiger partial charge on any atom is 0.163 e. The van der Waals surface area contributed by atoms with Gasteiger partial charge in [-0.2, -0.15) is 0 Å². The molecule has 0 aliphatic heterocycles. The van der Waals surface area contributed by atoms with Gasteiger partial charge in [0.25, 0.3) is 0 Å². The largest absolute Gasteiger partial charge is 0.306 e. The van der Waals surface area contributed by atoms with E-state index >= 15 is 0 Å². The van der Waals surface area contributed by atoms with Crippen LogP contribution in [0.5, 0.6) is 0 Å². The molecule has 0 atom stereocenters. The normalized spacial score (nSPS) is 10.9. The number of rotatable bonds is 5. The number of hydrogen-bond acceptors (Lipinski definition) is 2. The molecular weight excluding hydrogens is 224 g/mol. The molecule has 0 bridgehead atoms. The number of carbonyl (C=O) groups excluding carboxylic acids is 1. The highest BCUT2D eigenvalue weighted by Gasteiger charge is 2.11. The summed E-state index contributed by atoms with van der Waals surface area (Å²) in [6.07, 6.45) is 0. The monoisotopic (exact) mass is 241 g/mol. The van der Waals surface area contributed by atoms with Crippen LogP contribution >= 0.6 is 0 Å². The molecule has 1 N–H and O–H groups in total. The van der Waals surface area contributed by atoms with Crippen molar-refractivity contribution < 1.29 is 13.6 Å². The fourth-order valence-electron chi connectivity index (χ4n) is 1.35. The van der Waals surface area contributed by atoms with Crippen molar-refractivity contribution >= 4 is 5.78 Å². The zero-order valence-electron chi connectivity index (χ0n) is 10.3. The third-order valence-corrected chi connectivity index (χ3v) is 2.61. The molecule has 0 aromatic heterocycles. The van der Waals surface area contributed by atoms with Crippen molar-refractivity contribution in [2.45, 2.75) is 27.3 Å². The van der Waals surface area contributed by atoms with E-state index in [0.717, 1.165) is 0 Å². The number of benzene rings is 1. The number of Topliss-reactive ketones (excluding diaryl/α,β-unsaturated/α-hetero) is 1. The minimum absolute atomic E-state index is 0.0536. The first-order chi connectivity index (χ1) is 7.93. The van der Waals surface area contributed by atoms with Gasteiger partial charge >= 0.3 is 0 Å². The van der Waals surface area contributed by atoms with Gasteiger partial charge < -0.3 is 5.32 Å². The van der Waals surface area contributed by atoms with Crippen LogP contribution in [-0.4, -0.2) is 12.3 Å². The Morgan fingerprint density at radius 2 is 1.94 bits per heavy atom. The van der Waals surface area contributed by atoms with Crippen molar-refractivity contribution in [1.82, 2.24) is 5.32 Å². The molecule has 0 fully saturated rings. The van der Waals surface area contributed by atoms with Gasteiger partial charge in [-0.1, -0.05) is 26.0 Å². The first kappa shape index (κ1) is 13.8. The second kappa shape index (κ2) is 5.87. The van der Waals surface area contributed by atoms with Gasteiger partial charge in [0, 0.05) is 18.0 Å². The Balaban J connectivity index is 2.59. The molecule has 1 rings (SSSR count). The quantitative estimate of drug-likeness (QED) is 0.858. The number of aryl methyl sites for hydroxylation is 1. The van der Waals surface area contributed by atoms with Gasteiger partial charge in [0.15, 0.2) is 11.6 Å². The maximum atomic E-state index is 13.4. The molecule has 0 aliphatic rings. The SMILES string of the molecule is Cc1ccc(CNCC(=O)C(C)C)c(F)c1F. The summed E-state index contributed by atoms with van der Waals surface area (Å²) in [5.41, 5.74) is 0.522. The second-order valence-corrected chi connectivity index (χ2v) is 4.39. The molecule has 94 valence electrons. The lowest BCUT2D eigenvalue weighted by Gasteiger charge is -2.08. The van der Waals surface area contributed by atoms with Crippen LogP contribution in [0, 0.1) is 24.5 Å². The molecule has 0 radical (unpaired) electrons. The molecule has 2 nitrogen and oxygen atoms in total. The maximum absolute atomic E-state index is 13.4. The number of ketones is 1. The van der Waals surface area contributed by atoms with Crippen LogP contribution in [0.15, 0.2) is 12.1 Å². The number of nitrogens with one attached hydrogen (secondary N) is 1. The minimum Gasteiger partial charge on any atom is -0.306 e. The van der Waals surface area contributed by atoms with Gasteiger partial charge in [-0.3, -0.25) is 4.79 Å². The molecule has 0 amide bonds.